The minimum absolute atomic E-state index is 0.176. The standard InChI is InChI=1S/C13H17NO2S/c1-8-4-5-10(9(2)6-8)12-14-11(7-17-12)13(15)16-3/h4-6,11-12,14H,7H2,1-3H3. The van der Waals surface area contributed by atoms with E-state index in [0.717, 1.165) is 5.75 Å². The fourth-order valence-corrected chi connectivity index (χ4v) is 3.37. The molecule has 0 bridgehead atoms. The van der Waals surface area contributed by atoms with Gasteiger partial charge in [0.15, 0.2) is 0 Å². The van der Waals surface area contributed by atoms with Crippen LogP contribution in [0.4, 0.5) is 0 Å². The van der Waals surface area contributed by atoms with Crippen molar-refractivity contribution in [3.05, 3.63) is 34.9 Å². The van der Waals surface area contributed by atoms with Gasteiger partial charge in [-0.2, -0.15) is 0 Å². The van der Waals surface area contributed by atoms with Crippen LogP contribution in [-0.4, -0.2) is 24.9 Å². The number of esters is 1. The fourth-order valence-electron chi connectivity index (χ4n) is 2.05. The highest BCUT2D eigenvalue weighted by Gasteiger charge is 2.31. The van der Waals surface area contributed by atoms with Crippen molar-refractivity contribution in [3.63, 3.8) is 0 Å². The zero-order chi connectivity index (χ0) is 12.4. The van der Waals surface area contributed by atoms with Gasteiger partial charge in [-0.1, -0.05) is 23.8 Å². The van der Waals surface area contributed by atoms with Gasteiger partial charge in [-0.25, -0.2) is 0 Å². The van der Waals surface area contributed by atoms with Crippen molar-refractivity contribution in [1.29, 1.82) is 0 Å². The lowest BCUT2D eigenvalue weighted by molar-refractivity contribution is -0.142. The molecule has 0 saturated carbocycles. The zero-order valence-corrected chi connectivity index (χ0v) is 11.1. The third kappa shape index (κ3) is 2.64. The number of hydrogen-bond donors (Lipinski definition) is 1. The summed E-state index contributed by atoms with van der Waals surface area (Å²) in [7, 11) is 1.43. The quantitative estimate of drug-likeness (QED) is 0.818. The van der Waals surface area contributed by atoms with E-state index in [1.165, 1.54) is 23.8 Å². The summed E-state index contributed by atoms with van der Waals surface area (Å²) in [4.78, 5) is 11.4. The molecule has 1 aromatic carbocycles. The first kappa shape index (κ1) is 12.5. The first-order chi connectivity index (χ1) is 8.11. The lowest BCUT2D eigenvalue weighted by Gasteiger charge is -2.15. The topological polar surface area (TPSA) is 38.3 Å². The number of ether oxygens (including phenoxy) is 1. The molecular formula is C13H17NO2S. The van der Waals surface area contributed by atoms with Crippen LogP contribution in [0.1, 0.15) is 22.1 Å². The first-order valence-electron chi connectivity index (χ1n) is 5.64. The van der Waals surface area contributed by atoms with Crippen LogP contribution in [0.5, 0.6) is 0 Å². The maximum Gasteiger partial charge on any atom is 0.323 e. The summed E-state index contributed by atoms with van der Waals surface area (Å²) in [5.41, 5.74) is 3.78. The van der Waals surface area contributed by atoms with Crippen LogP contribution in [0.3, 0.4) is 0 Å². The summed E-state index contributed by atoms with van der Waals surface area (Å²) in [5.74, 6) is 0.592. The Kier molecular flexibility index (Phi) is 3.74. The Hall–Kier alpha value is -1.00. The smallest absolute Gasteiger partial charge is 0.323 e. The van der Waals surface area contributed by atoms with E-state index >= 15 is 0 Å². The summed E-state index contributed by atoms with van der Waals surface area (Å²) in [6.45, 7) is 4.19. The molecule has 1 aromatic rings. The maximum atomic E-state index is 11.4. The molecule has 0 radical (unpaired) electrons. The molecule has 1 fully saturated rings. The van der Waals surface area contributed by atoms with E-state index in [0.29, 0.717) is 0 Å². The minimum atomic E-state index is -0.185. The molecule has 4 heteroatoms. The van der Waals surface area contributed by atoms with E-state index in [-0.39, 0.29) is 17.4 Å². The molecule has 1 heterocycles. The van der Waals surface area contributed by atoms with Crippen LogP contribution in [0, 0.1) is 13.8 Å². The monoisotopic (exact) mass is 251 g/mol. The Labute approximate surface area is 106 Å². The van der Waals surface area contributed by atoms with Crippen LogP contribution >= 0.6 is 11.8 Å². The van der Waals surface area contributed by atoms with Crippen molar-refractivity contribution in [3.8, 4) is 0 Å². The van der Waals surface area contributed by atoms with Gasteiger partial charge in [0.2, 0.25) is 0 Å². The highest BCUT2D eigenvalue weighted by molar-refractivity contribution is 7.99. The average molecular weight is 251 g/mol. The van der Waals surface area contributed by atoms with Crippen molar-refractivity contribution in [1.82, 2.24) is 5.32 Å². The van der Waals surface area contributed by atoms with Gasteiger partial charge >= 0.3 is 5.97 Å². The number of rotatable bonds is 2. The van der Waals surface area contributed by atoms with Gasteiger partial charge in [0, 0.05) is 5.75 Å². The number of thioether (sulfide) groups is 1. The molecule has 1 saturated heterocycles. The SMILES string of the molecule is COC(=O)C1CSC(c2ccc(C)cc2C)N1. The number of aryl methyl sites for hydroxylation is 2. The molecule has 0 aromatic heterocycles. The van der Waals surface area contributed by atoms with E-state index in [2.05, 4.69) is 37.4 Å². The lowest BCUT2D eigenvalue weighted by Crippen LogP contribution is -2.35. The summed E-state index contributed by atoms with van der Waals surface area (Å²) >= 11 is 1.76. The number of methoxy groups -OCH3 is 1. The number of carbonyl (C=O) groups is 1. The average Bonchev–Trinajstić information content (AvgIpc) is 2.77. The Bertz CT molecular complexity index is 433. The van der Waals surface area contributed by atoms with Crippen LogP contribution in [0.15, 0.2) is 18.2 Å². The second-order valence-corrected chi connectivity index (χ2v) is 5.45. The van der Waals surface area contributed by atoms with E-state index in [1.54, 1.807) is 11.8 Å². The molecule has 0 aliphatic carbocycles. The van der Waals surface area contributed by atoms with Gasteiger partial charge < -0.3 is 4.74 Å². The van der Waals surface area contributed by atoms with E-state index in [1.807, 2.05) is 0 Å². The number of nitrogens with one attached hydrogen (secondary N) is 1. The van der Waals surface area contributed by atoms with Crippen molar-refractivity contribution in [2.75, 3.05) is 12.9 Å². The molecule has 2 unspecified atom stereocenters. The fraction of sp³-hybridized carbons (Fsp3) is 0.462. The van der Waals surface area contributed by atoms with Crippen molar-refractivity contribution >= 4 is 17.7 Å². The normalized spacial score (nSPS) is 23.7. The molecule has 3 nitrogen and oxygen atoms in total. The lowest BCUT2D eigenvalue weighted by atomic mass is 10.1. The summed E-state index contributed by atoms with van der Waals surface area (Å²) in [6, 6.07) is 6.23. The highest BCUT2D eigenvalue weighted by atomic mass is 32.2. The number of benzene rings is 1. The second kappa shape index (κ2) is 5.10. The third-order valence-corrected chi connectivity index (χ3v) is 4.22. The van der Waals surface area contributed by atoms with Crippen molar-refractivity contribution in [2.24, 2.45) is 0 Å². The number of hydrogen-bond acceptors (Lipinski definition) is 4. The first-order valence-corrected chi connectivity index (χ1v) is 6.69. The molecule has 2 atom stereocenters. The largest absolute Gasteiger partial charge is 0.468 e. The van der Waals surface area contributed by atoms with Gasteiger partial charge in [-0.05, 0) is 25.0 Å². The van der Waals surface area contributed by atoms with Gasteiger partial charge in [0.1, 0.15) is 6.04 Å². The van der Waals surface area contributed by atoms with Crippen LogP contribution in [0.25, 0.3) is 0 Å². The van der Waals surface area contributed by atoms with Crippen LogP contribution in [0.2, 0.25) is 0 Å². The molecular weight excluding hydrogens is 234 g/mol. The van der Waals surface area contributed by atoms with Crippen LogP contribution < -0.4 is 5.32 Å². The van der Waals surface area contributed by atoms with E-state index in [4.69, 9.17) is 4.74 Å². The third-order valence-electron chi connectivity index (χ3n) is 2.98. The Morgan fingerprint density at radius 1 is 1.47 bits per heavy atom. The zero-order valence-electron chi connectivity index (χ0n) is 10.3. The van der Waals surface area contributed by atoms with Gasteiger partial charge in [0.05, 0.1) is 12.5 Å². The molecule has 1 N–H and O–H groups in total. The highest BCUT2D eigenvalue weighted by Crippen LogP contribution is 2.34. The molecule has 1 aliphatic rings. The Morgan fingerprint density at radius 2 is 2.24 bits per heavy atom. The minimum Gasteiger partial charge on any atom is -0.468 e. The predicted octanol–water partition coefficient (Wildman–Crippen LogP) is 2.18. The Balaban J connectivity index is 2.12. The molecule has 0 spiro atoms. The molecule has 2 rings (SSSR count). The van der Waals surface area contributed by atoms with Gasteiger partial charge in [0.25, 0.3) is 0 Å². The van der Waals surface area contributed by atoms with Gasteiger partial charge in [-0.15, -0.1) is 11.8 Å². The van der Waals surface area contributed by atoms with Crippen molar-refractivity contribution in [2.45, 2.75) is 25.3 Å². The summed E-state index contributed by atoms with van der Waals surface area (Å²) in [5, 5.41) is 3.50. The van der Waals surface area contributed by atoms with Gasteiger partial charge in [-0.3, -0.25) is 10.1 Å². The summed E-state index contributed by atoms with van der Waals surface area (Å²) < 4.78 is 4.75. The van der Waals surface area contributed by atoms with E-state index in [9.17, 15) is 4.79 Å². The molecule has 1 aliphatic heterocycles. The maximum absolute atomic E-state index is 11.4. The van der Waals surface area contributed by atoms with E-state index < -0.39 is 0 Å². The number of carbonyl (C=O) groups excluding carboxylic acids is 1. The Morgan fingerprint density at radius 3 is 2.88 bits per heavy atom. The predicted molar refractivity (Wildman–Crippen MR) is 70.1 cm³/mol. The van der Waals surface area contributed by atoms with Crippen molar-refractivity contribution < 1.29 is 9.53 Å². The van der Waals surface area contributed by atoms with Crippen LogP contribution in [-0.2, 0) is 9.53 Å². The molecule has 17 heavy (non-hydrogen) atoms. The summed E-state index contributed by atoms with van der Waals surface area (Å²) in [6.07, 6.45) is 0. The molecule has 92 valence electrons. The second-order valence-electron chi connectivity index (χ2n) is 4.32. The molecule has 0 amide bonds.